The van der Waals surface area contributed by atoms with Gasteiger partial charge in [0.1, 0.15) is 0 Å². The van der Waals surface area contributed by atoms with E-state index in [2.05, 4.69) is 34.4 Å². The lowest BCUT2D eigenvalue weighted by molar-refractivity contribution is -0.120. The third kappa shape index (κ3) is 7.48. The standard InChI is InChI=1S/C15H26N4O2/c1-5-8-21-14-9-12(4)18-15(19-14)16-7-6-13(20)17-10-11(2)3/h9,11H,5-8,10H2,1-4H3,(H,17,20)(H,16,18,19). The molecule has 0 saturated heterocycles. The van der Waals surface area contributed by atoms with E-state index in [4.69, 9.17) is 4.74 Å². The highest BCUT2D eigenvalue weighted by atomic mass is 16.5. The highest BCUT2D eigenvalue weighted by Crippen LogP contribution is 2.12. The largest absolute Gasteiger partial charge is 0.478 e. The van der Waals surface area contributed by atoms with Crippen molar-refractivity contribution in [2.24, 2.45) is 5.92 Å². The van der Waals surface area contributed by atoms with Crippen LogP contribution in [0.3, 0.4) is 0 Å². The SMILES string of the molecule is CCCOc1cc(C)nc(NCCC(=O)NCC(C)C)n1. The maximum absolute atomic E-state index is 11.6. The fourth-order valence-corrected chi connectivity index (χ4v) is 1.59. The molecular weight excluding hydrogens is 268 g/mol. The van der Waals surface area contributed by atoms with Crippen LogP contribution in [-0.2, 0) is 4.79 Å². The van der Waals surface area contributed by atoms with Gasteiger partial charge in [0, 0.05) is 31.3 Å². The van der Waals surface area contributed by atoms with Crippen LogP contribution < -0.4 is 15.4 Å². The van der Waals surface area contributed by atoms with E-state index in [1.165, 1.54) is 0 Å². The first-order valence-corrected chi connectivity index (χ1v) is 7.50. The lowest BCUT2D eigenvalue weighted by Gasteiger charge is -2.10. The monoisotopic (exact) mass is 294 g/mol. The number of nitrogens with zero attached hydrogens (tertiary/aromatic N) is 2. The van der Waals surface area contributed by atoms with Gasteiger partial charge in [0.25, 0.3) is 0 Å². The van der Waals surface area contributed by atoms with Gasteiger partial charge >= 0.3 is 0 Å². The van der Waals surface area contributed by atoms with Crippen molar-refractivity contribution in [3.05, 3.63) is 11.8 Å². The van der Waals surface area contributed by atoms with Gasteiger partial charge in [-0.2, -0.15) is 4.98 Å². The predicted octanol–water partition coefficient (Wildman–Crippen LogP) is 2.15. The van der Waals surface area contributed by atoms with Gasteiger partial charge in [-0.3, -0.25) is 4.79 Å². The summed E-state index contributed by atoms with van der Waals surface area (Å²) in [5.41, 5.74) is 0.836. The minimum absolute atomic E-state index is 0.0336. The Morgan fingerprint density at radius 2 is 2.14 bits per heavy atom. The zero-order valence-corrected chi connectivity index (χ0v) is 13.4. The molecule has 0 aliphatic rings. The molecule has 0 atom stereocenters. The Morgan fingerprint density at radius 3 is 2.81 bits per heavy atom. The third-order valence-corrected chi connectivity index (χ3v) is 2.63. The smallest absolute Gasteiger partial charge is 0.226 e. The summed E-state index contributed by atoms with van der Waals surface area (Å²) in [4.78, 5) is 20.1. The Balaban J connectivity index is 2.40. The Bertz CT molecular complexity index is 449. The van der Waals surface area contributed by atoms with E-state index in [1.807, 2.05) is 13.8 Å². The number of ether oxygens (including phenoxy) is 1. The number of amides is 1. The van der Waals surface area contributed by atoms with E-state index in [1.54, 1.807) is 6.07 Å². The minimum atomic E-state index is 0.0336. The molecule has 0 aliphatic carbocycles. The molecular formula is C15H26N4O2. The molecule has 118 valence electrons. The number of nitrogens with one attached hydrogen (secondary N) is 2. The lowest BCUT2D eigenvalue weighted by Crippen LogP contribution is -2.28. The number of aryl methyl sites for hydroxylation is 1. The van der Waals surface area contributed by atoms with E-state index in [9.17, 15) is 4.79 Å². The van der Waals surface area contributed by atoms with Crippen LogP contribution in [0, 0.1) is 12.8 Å². The van der Waals surface area contributed by atoms with Crippen LogP contribution in [0.25, 0.3) is 0 Å². The van der Waals surface area contributed by atoms with E-state index < -0.39 is 0 Å². The summed E-state index contributed by atoms with van der Waals surface area (Å²) in [7, 11) is 0. The van der Waals surface area contributed by atoms with Gasteiger partial charge in [-0.05, 0) is 19.3 Å². The van der Waals surface area contributed by atoms with Gasteiger partial charge in [0.15, 0.2) is 0 Å². The number of anilines is 1. The molecule has 0 saturated carbocycles. The highest BCUT2D eigenvalue weighted by molar-refractivity contribution is 5.76. The quantitative estimate of drug-likeness (QED) is 0.730. The summed E-state index contributed by atoms with van der Waals surface area (Å²) in [6, 6.07) is 1.80. The fourth-order valence-electron chi connectivity index (χ4n) is 1.59. The first kappa shape index (κ1) is 17.2. The summed E-state index contributed by atoms with van der Waals surface area (Å²) in [5.74, 6) is 1.56. The molecule has 1 heterocycles. The maximum atomic E-state index is 11.6. The summed E-state index contributed by atoms with van der Waals surface area (Å²) >= 11 is 0. The van der Waals surface area contributed by atoms with Crippen LogP contribution in [0.1, 0.15) is 39.3 Å². The van der Waals surface area contributed by atoms with Gasteiger partial charge in [-0.1, -0.05) is 20.8 Å². The topological polar surface area (TPSA) is 76.1 Å². The van der Waals surface area contributed by atoms with E-state index >= 15 is 0 Å². The number of hydrogen-bond acceptors (Lipinski definition) is 5. The summed E-state index contributed by atoms with van der Waals surface area (Å²) in [6.45, 7) is 9.90. The first-order valence-electron chi connectivity index (χ1n) is 7.50. The Kier molecular flexibility index (Phi) is 7.50. The average molecular weight is 294 g/mol. The molecule has 0 unspecified atom stereocenters. The minimum Gasteiger partial charge on any atom is -0.478 e. The molecule has 0 aromatic carbocycles. The van der Waals surface area contributed by atoms with E-state index in [0.717, 1.165) is 12.1 Å². The summed E-state index contributed by atoms with van der Waals surface area (Å²) < 4.78 is 5.50. The highest BCUT2D eigenvalue weighted by Gasteiger charge is 2.05. The Labute approximate surface area is 126 Å². The molecule has 21 heavy (non-hydrogen) atoms. The Morgan fingerprint density at radius 1 is 1.38 bits per heavy atom. The van der Waals surface area contributed by atoms with Crippen molar-refractivity contribution in [3.63, 3.8) is 0 Å². The molecule has 1 aromatic rings. The lowest BCUT2D eigenvalue weighted by atomic mass is 10.2. The van der Waals surface area contributed by atoms with Crippen molar-refractivity contribution in [2.75, 3.05) is 25.0 Å². The number of aromatic nitrogens is 2. The van der Waals surface area contributed by atoms with Gasteiger partial charge in [0.05, 0.1) is 6.61 Å². The van der Waals surface area contributed by atoms with Crippen LogP contribution in [0.2, 0.25) is 0 Å². The average Bonchev–Trinajstić information content (AvgIpc) is 2.42. The first-order chi connectivity index (χ1) is 10.0. The molecule has 0 spiro atoms. The second-order valence-corrected chi connectivity index (χ2v) is 5.39. The van der Waals surface area contributed by atoms with Crippen molar-refractivity contribution < 1.29 is 9.53 Å². The van der Waals surface area contributed by atoms with Crippen LogP contribution >= 0.6 is 0 Å². The normalized spacial score (nSPS) is 10.5. The van der Waals surface area contributed by atoms with Crippen molar-refractivity contribution in [1.29, 1.82) is 0 Å². The molecule has 6 heteroatoms. The van der Waals surface area contributed by atoms with Crippen molar-refractivity contribution in [1.82, 2.24) is 15.3 Å². The van der Waals surface area contributed by atoms with Gasteiger partial charge in [-0.25, -0.2) is 4.98 Å². The second kappa shape index (κ2) is 9.15. The number of carbonyl (C=O) groups is 1. The van der Waals surface area contributed by atoms with E-state index in [-0.39, 0.29) is 5.91 Å². The van der Waals surface area contributed by atoms with Gasteiger partial charge < -0.3 is 15.4 Å². The third-order valence-electron chi connectivity index (χ3n) is 2.63. The fraction of sp³-hybridized carbons (Fsp3) is 0.667. The van der Waals surface area contributed by atoms with Gasteiger partial charge in [-0.15, -0.1) is 0 Å². The van der Waals surface area contributed by atoms with Crippen LogP contribution in [-0.4, -0.2) is 35.6 Å². The molecule has 1 amide bonds. The molecule has 2 N–H and O–H groups in total. The Hall–Kier alpha value is -1.85. The van der Waals surface area contributed by atoms with Crippen LogP contribution in [0.5, 0.6) is 5.88 Å². The van der Waals surface area contributed by atoms with Gasteiger partial charge in [0.2, 0.25) is 17.7 Å². The van der Waals surface area contributed by atoms with Crippen molar-refractivity contribution >= 4 is 11.9 Å². The number of hydrogen-bond donors (Lipinski definition) is 2. The molecule has 1 rings (SSSR count). The second-order valence-electron chi connectivity index (χ2n) is 5.39. The molecule has 1 aromatic heterocycles. The molecule has 6 nitrogen and oxygen atoms in total. The van der Waals surface area contributed by atoms with Crippen molar-refractivity contribution in [3.8, 4) is 5.88 Å². The number of carbonyl (C=O) groups excluding carboxylic acids is 1. The molecule has 0 fully saturated rings. The summed E-state index contributed by atoms with van der Waals surface area (Å²) in [5, 5.41) is 5.93. The van der Waals surface area contributed by atoms with Crippen molar-refractivity contribution in [2.45, 2.75) is 40.5 Å². The molecule has 0 bridgehead atoms. The zero-order valence-electron chi connectivity index (χ0n) is 13.4. The maximum Gasteiger partial charge on any atom is 0.226 e. The molecule has 0 aliphatic heterocycles. The van der Waals surface area contributed by atoms with Crippen LogP contribution in [0.15, 0.2) is 6.07 Å². The van der Waals surface area contributed by atoms with Crippen LogP contribution in [0.4, 0.5) is 5.95 Å². The number of rotatable bonds is 9. The van der Waals surface area contributed by atoms with E-state index in [0.29, 0.717) is 43.9 Å². The molecule has 0 radical (unpaired) electrons. The summed E-state index contributed by atoms with van der Waals surface area (Å²) in [6.07, 6.45) is 1.33. The predicted molar refractivity (Wildman–Crippen MR) is 83.5 cm³/mol. The zero-order chi connectivity index (χ0) is 15.7.